The molecule has 0 heterocycles. The lowest BCUT2D eigenvalue weighted by Crippen LogP contribution is -2.52. The molecule has 3 rings (SSSR count). The van der Waals surface area contributed by atoms with E-state index in [9.17, 15) is 5.11 Å². The number of nitrogens with zero attached hydrogens (tertiary/aromatic N) is 1. The molecule has 0 bridgehead atoms. The van der Waals surface area contributed by atoms with E-state index in [1.54, 1.807) is 7.11 Å². The first-order valence-corrected chi connectivity index (χ1v) is 10.3. The molecule has 0 spiro atoms. The first-order valence-electron chi connectivity index (χ1n) is 10.3. The topological polar surface area (TPSA) is 32.7 Å². The summed E-state index contributed by atoms with van der Waals surface area (Å²) in [7, 11) is 5.96. The highest BCUT2D eigenvalue weighted by molar-refractivity contribution is 5.57. The van der Waals surface area contributed by atoms with E-state index in [0.717, 1.165) is 43.5 Å². The molecule has 0 radical (unpaired) electrons. The monoisotopic (exact) mass is 357 g/mol. The second kappa shape index (κ2) is 8.58. The summed E-state index contributed by atoms with van der Waals surface area (Å²) < 4.78 is 5.39. The van der Waals surface area contributed by atoms with Crippen LogP contribution in [0.25, 0.3) is 6.08 Å². The van der Waals surface area contributed by atoms with Gasteiger partial charge in [-0.05, 0) is 75.4 Å². The fourth-order valence-corrected chi connectivity index (χ4v) is 5.15. The summed E-state index contributed by atoms with van der Waals surface area (Å²) >= 11 is 0. The minimum atomic E-state index is -0.661. The number of hydrogen-bond acceptors (Lipinski definition) is 3. The van der Waals surface area contributed by atoms with E-state index < -0.39 is 5.60 Å². The molecular formula is C23H35NO2. The largest absolute Gasteiger partial charge is 0.497 e. The fourth-order valence-electron chi connectivity index (χ4n) is 5.15. The Morgan fingerprint density at radius 2 is 1.92 bits per heavy atom. The van der Waals surface area contributed by atoms with Gasteiger partial charge in [0.15, 0.2) is 0 Å². The molecule has 2 atom stereocenters. The number of ether oxygens (including phenoxy) is 1. The maximum Gasteiger partial charge on any atom is 0.119 e. The molecule has 3 heteroatoms. The number of methoxy groups -OCH3 is 1. The first kappa shape index (κ1) is 19.4. The molecule has 26 heavy (non-hydrogen) atoms. The summed E-state index contributed by atoms with van der Waals surface area (Å²) in [6, 6.07) is 8.20. The molecule has 1 aromatic rings. The lowest BCUT2D eigenvalue weighted by molar-refractivity contribution is -0.0706. The van der Waals surface area contributed by atoms with Crippen molar-refractivity contribution in [2.75, 3.05) is 27.7 Å². The maximum atomic E-state index is 12.1. The summed E-state index contributed by atoms with van der Waals surface area (Å²) in [5.41, 5.74) is 1.72. The molecule has 1 aromatic carbocycles. The van der Waals surface area contributed by atoms with Crippen LogP contribution in [-0.4, -0.2) is 43.4 Å². The van der Waals surface area contributed by atoms with Gasteiger partial charge in [-0.3, -0.25) is 0 Å². The van der Waals surface area contributed by atoms with Crippen molar-refractivity contribution < 1.29 is 9.84 Å². The molecule has 0 aliphatic heterocycles. The van der Waals surface area contributed by atoms with Crippen molar-refractivity contribution in [3.63, 3.8) is 0 Å². The Morgan fingerprint density at radius 3 is 2.62 bits per heavy atom. The minimum absolute atomic E-state index is 0.325. The third-order valence-electron chi connectivity index (χ3n) is 6.38. The highest BCUT2D eigenvalue weighted by atomic mass is 16.5. The van der Waals surface area contributed by atoms with Crippen LogP contribution in [0.4, 0.5) is 0 Å². The van der Waals surface area contributed by atoms with Gasteiger partial charge >= 0.3 is 0 Å². The van der Waals surface area contributed by atoms with Gasteiger partial charge in [-0.2, -0.15) is 0 Å². The normalized spacial score (nSPS) is 29.3. The number of rotatable bonds is 5. The summed E-state index contributed by atoms with van der Waals surface area (Å²) in [5.74, 6) is 1.60. The zero-order valence-electron chi connectivity index (χ0n) is 16.7. The van der Waals surface area contributed by atoms with Crippen molar-refractivity contribution in [3.05, 3.63) is 35.4 Å². The van der Waals surface area contributed by atoms with E-state index in [2.05, 4.69) is 37.2 Å². The maximum absolute atomic E-state index is 12.1. The molecule has 0 saturated heterocycles. The van der Waals surface area contributed by atoms with Crippen molar-refractivity contribution in [1.29, 1.82) is 0 Å². The molecule has 1 N–H and O–H groups in total. The van der Waals surface area contributed by atoms with Crippen LogP contribution in [0.15, 0.2) is 29.8 Å². The van der Waals surface area contributed by atoms with E-state index in [1.165, 1.54) is 31.3 Å². The highest BCUT2D eigenvalue weighted by Gasteiger charge is 2.48. The van der Waals surface area contributed by atoms with Crippen molar-refractivity contribution in [1.82, 2.24) is 4.90 Å². The fraction of sp³-hybridized carbons (Fsp3) is 0.652. The van der Waals surface area contributed by atoms with Crippen molar-refractivity contribution in [3.8, 4) is 5.75 Å². The van der Waals surface area contributed by atoms with Crippen molar-refractivity contribution in [2.24, 2.45) is 11.8 Å². The smallest absolute Gasteiger partial charge is 0.119 e. The van der Waals surface area contributed by atoms with Gasteiger partial charge < -0.3 is 14.7 Å². The second-order valence-electron chi connectivity index (χ2n) is 8.46. The van der Waals surface area contributed by atoms with Crippen LogP contribution in [0.3, 0.4) is 0 Å². The molecule has 0 aromatic heterocycles. The van der Waals surface area contributed by atoms with E-state index >= 15 is 0 Å². The number of aliphatic hydroxyl groups is 1. The number of hydrogen-bond donors (Lipinski definition) is 1. The van der Waals surface area contributed by atoms with E-state index in [-0.39, 0.29) is 0 Å². The predicted octanol–water partition coefficient (Wildman–Crippen LogP) is 4.75. The lowest BCUT2D eigenvalue weighted by Gasteiger charge is -2.49. The van der Waals surface area contributed by atoms with Crippen LogP contribution >= 0.6 is 0 Å². The van der Waals surface area contributed by atoms with Crippen molar-refractivity contribution >= 4 is 6.08 Å². The average molecular weight is 358 g/mol. The third kappa shape index (κ3) is 4.15. The molecule has 0 amide bonds. The Bertz CT molecular complexity index is 618. The first-order chi connectivity index (χ1) is 12.5. The second-order valence-corrected chi connectivity index (χ2v) is 8.46. The standard InChI is InChI=1S/C23H35NO2/c1-24(2)17-21-13-8-12-20(15-18-9-7-14-22(16-18)26-3)23(21,25)19-10-5-4-6-11-19/h7,9,14-16,19,21,25H,4-6,8,10-13,17H2,1-3H3. The Balaban J connectivity index is 1.97. The summed E-state index contributed by atoms with van der Waals surface area (Å²) in [6.07, 6.45) is 11.7. The van der Waals surface area contributed by atoms with Gasteiger partial charge in [-0.15, -0.1) is 0 Å². The molecule has 2 aliphatic rings. The van der Waals surface area contributed by atoms with Gasteiger partial charge in [0.25, 0.3) is 0 Å². The highest BCUT2D eigenvalue weighted by Crippen LogP contribution is 2.48. The van der Waals surface area contributed by atoms with Gasteiger partial charge in [0.2, 0.25) is 0 Å². The summed E-state index contributed by atoms with van der Waals surface area (Å²) in [6.45, 7) is 0.961. The quantitative estimate of drug-likeness (QED) is 0.825. The van der Waals surface area contributed by atoms with Gasteiger partial charge in [0.05, 0.1) is 12.7 Å². The SMILES string of the molecule is COc1cccc(C=C2CCCC(CN(C)C)C2(O)C2CCCCC2)c1. The Morgan fingerprint density at radius 1 is 1.15 bits per heavy atom. The number of benzene rings is 1. The lowest BCUT2D eigenvalue weighted by atomic mass is 9.61. The molecule has 3 nitrogen and oxygen atoms in total. The third-order valence-corrected chi connectivity index (χ3v) is 6.38. The van der Waals surface area contributed by atoms with Gasteiger partial charge in [0.1, 0.15) is 5.75 Å². The zero-order chi connectivity index (χ0) is 18.6. The Hall–Kier alpha value is -1.32. The molecule has 144 valence electrons. The molecule has 2 aliphatic carbocycles. The van der Waals surface area contributed by atoms with Gasteiger partial charge in [-0.1, -0.05) is 37.5 Å². The van der Waals surface area contributed by atoms with Crippen LogP contribution < -0.4 is 4.74 Å². The summed E-state index contributed by atoms with van der Waals surface area (Å²) in [5, 5.41) is 12.1. The Labute approximate surface area is 159 Å². The van der Waals surface area contributed by atoms with Crippen LogP contribution in [-0.2, 0) is 0 Å². The van der Waals surface area contributed by atoms with E-state index in [1.807, 2.05) is 12.1 Å². The summed E-state index contributed by atoms with van der Waals surface area (Å²) in [4.78, 5) is 2.24. The minimum Gasteiger partial charge on any atom is -0.497 e. The average Bonchev–Trinajstić information content (AvgIpc) is 2.65. The van der Waals surface area contributed by atoms with Crippen LogP contribution in [0.5, 0.6) is 5.75 Å². The Kier molecular flexibility index (Phi) is 6.42. The van der Waals surface area contributed by atoms with Gasteiger partial charge in [-0.25, -0.2) is 0 Å². The zero-order valence-corrected chi connectivity index (χ0v) is 16.7. The molecule has 2 fully saturated rings. The van der Waals surface area contributed by atoms with E-state index in [0.29, 0.717) is 11.8 Å². The van der Waals surface area contributed by atoms with Crippen LogP contribution in [0, 0.1) is 11.8 Å². The van der Waals surface area contributed by atoms with Crippen LogP contribution in [0.1, 0.15) is 56.9 Å². The molecule has 2 saturated carbocycles. The van der Waals surface area contributed by atoms with Gasteiger partial charge in [0, 0.05) is 12.5 Å². The van der Waals surface area contributed by atoms with E-state index in [4.69, 9.17) is 4.74 Å². The van der Waals surface area contributed by atoms with Crippen molar-refractivity contribution in [2.45, 2.75) is 57.0 Å². The molecule has 2 unspecified atom stereocenters. The molecular weight excluding hydrogens is 322 g/mol. The predicted molar refractivity (Wildman–Crippen MR) is 108 cm³/mol. The van der Waals surface area contributed by atoms with Crippen LogP contribution in [0.2, 0.25) is 0 Å².